The molecule has 0 aliphatic heterocycles. The summed E-state index contributed by atoms with van der Waals surface area (Å²) in [6.45, 7) is 5.28. The third-order valence-corrected chi connectivity index (χ3v) is 6.00. The van der Waals surface area contributed by atoms with Gasteiger partial charge in [0, 0.05) is 17.4 Å². The Morgan fingerprint density at radius 1 is 1.00 bits per heavy atom. The summed E-state index contributed by atoms with van der Waals surface area (Å²) in [7, 11) is 1.94. The van der Waals surface area contributed by atoms with Gasteiger partial charge in [0.15, 0.2) is 0 Å². The normalized spacial score (nSPS) is 13.6. The zero-order valence-electron chi connectivity index (χ0n) is 20.1. The Balaban J connectivity index is 1.92. The van der Waals surface area contributed by atoms with Crippen LogP contribution in [0.25, 0.3) is 0 Å². The fourth-order valence-corrected chi connectivity index (χ4v) is 3.55. The highest BCUT2D eigenvalue weighted by molar-refractivity contribution is 6.09. The molecule has 4 N–H and O–H groups in total. The summed E-state index contributed by atoms with van der Waals surface area (Å²) in [5, 5.41) is 23.1. The van der Waals surface area contributed by atoms with E-state index in [1.165, 1.54) is 23.8 Å². The topological polar surface area (TPSA) is 71.8 Å². The van der Waals surface area contributed by atoms with Crippen LogP contribution in [0, 0.1) is 16.7 Å². The van der Waals surface area contributed by atoms with Crippen LogP contribution in [0.5, 0.6) is 0 Å². The van der Waals surface area contributed by atoms with Crippen molar-refractivity contribution in [3.8, 4) is 0 Å². The molecule has 0 fully saturated rings. The van der Waals surface area contributed by atoms with Gasteiger partial charge in [-0.3, -0.25) is 0 Å². The molecule has 0 bridgehead atoms. The molecule has 2 aromatic rings. The molecule has 0 saturated heterocycles. The van der Waals surface area contributed by atoms with Crippen LogP contribution in [0.4, 0.5) is 18.9 Å². The molecule has 0 heterocycles. The zero-order valence-corrected chi connectivity index (χ0v) is 20.1. The summed E-state index contributed by atoms with van der Waals surface area (Å²) < 4.78 is 38.1. The van der Waals surface area contributed by atoms with Crippen molar-refractivity contribution in [1.29, 1.82) is 10.8 Å². The van der Waals surface area contributed by atoms with E-state index in [-0.39, 0.29) is 11.8 Å². The molecule has 0 saturated carbocycles. The van der Waals surface area contributed by atoms with Crippen LogP contribution in [-0.2, 0) is 12.6 Å². The predicted octanol–water partition coefficient (Wildman–Crippen LogP) is 6.72. The van der Waals surface area contributed by atoms with Crippen molar-refractivity contribution in [1.82, 2.24) is 5.32 Å². The van der Waals surface area contributed by atoms with E-state index < -0.39 is 11.7 Å². The van der Waals surface area contributed by atoms with Gasteiger partial charge in [-0.25, -0.2) is 0 Å². The summed E-state index contributed by atoms with van der Waals surface area (Å²) >= 11 is 0. The van der Waals surface area contributed by atoms with Crippen molar-refractivity contribution in [2.24, 2.45) is 5.92 Å². The van der Waals surface area contributed by atoms with E-state index in [1.807, 2.05) is 7.05 Å². The fraction of sp³-hybridized carbons (Fsp3) is 0.407. The lowest BCUT2D eigenvalue weighted by Gasteiger charge is -2.25. The first-order valence-corrected chi connectivity index (χ1v) is 11.7. The second-order valence-corrected chi connectivity index (χ2v) is 8.57. The van der Waals surface area contributed by atoms with E-state index in [0.29, 0.717) is 23.6 Å². The van der Waals surface area contributed by atoms with Crippen LogP contribution >= 0.6 is 0 Å². The van der Waals surface area contributed by atoms with E-state index in [2.05, 4.69) is 48.7 Å². The molecule has 4 nitrogen and oxygen atoms in total. The quantitative estimate of drug-likeness (QED) is 0.244. The van der Waals surface area contributed by atoms with Gasteiger partial charge < -0.3 is 21.5 Å². The van der Waals surface area contributed by atoms with Gasteiger partial charge in [0.25, 0.3) is 0 Å². The van der Waals surface area contributed by atoms with Gasteiger partial charge in [0.2, 0.25) is 0 Å². The minimum Gasteiger partial charge on any atom is -0.382 e. The Morgan fingerprint density at radius 2 is 1.65 bits per heavy atom. The monoisotopic (exact) mass is 472 g/mol. The average Bonchev–Trinajstić information content (AvgIpc) is 2.83. The lowest BCUT2D eigenvalue weighted by Crippen LogP contribution is -2.27. The number of hydrogen-bond donors (Lipinski definition) is 4. The molecular weight excluding hydrogens is 437 g/mol. The highest BCUT2D eigenvalue weighted by Gasteiger charge is 2.30. The molecule has 0 aromatic heterocycles. The number of nitrogens with one attached hydrogen (secondary N) is 4. The summed E-state index contributed by atoms with van der Waals surface area (Å²) in [6, 6.07) is 13.2. The predicted molar refractivity (Wildman–Crippen MR) is 135 cm³/mol. The van der Waals surface area contributed by atoms with Crippen LogP contribution in [0.15, 0.2) is 60.7 Å². The largest absolute Gasteiger partial charge is 0.416 e. The Kier molecular flexibility index (Phi) is 10.5. The van der Waals surface area contributed by atoms with Crippen LogP contribution < -0.4 is 10.6 Å². The number of halogens is 3. The van der Waals surface area contributed by atoms with Crippen molar-refractivity contribution in [3.63, 3.8) is 0 Å². The maximum Gasteiger partial charge on any atom is 0.416 e. The molecule has 0 radical (unpaired) electrons. The van der Waals surface area contributed by atoms with Crippen molar-refractivity contribution in [2.75, 3.05) is 18.9 Å². The highest BCUT2D eigenvalue weighted by Crippen LogP contribution is 2.29. The van der Waals surface area contributed by atoms with Gasteiger partial charge in [-0.2, -0.15) is 13.2 Å². The lowest BCUT2D eigenvalue weighted by molar-refractivity contribution is -0.137. The van der Waals surface area contributed by atoms with E-state index in [9.17, 15) is 13.2 Å². The molecular formula is C27H35F3N4. The third kappa shape index (κ3) is 8.78. The fourth-order valence-electron chi connectivity index (χ4n) is 3.55. The molecule has 34 heavy (non-hydrogen) atoms. The maximum atomic E-state index is 12.7. The minimum absolute atomic E-state index is 0.0773. The van der Waals surface area contributed by atoms with E-state index in [0.717, 1.165) is 43.6 Å². The SMILES string of the molecule is CCC(C)C(CCC(=N)/C=C\C(=N)c1ccc(C(F)(F)F)cc1)Nc1ccc(CCNC)cc1. The standard InChI is InChI=1S/C27H35F3N4/c1-4-19(2)26(34-24-13-5-20(6-14-24)17-18-33-3)16-12-23(31)11-15-25(32)21-7-9-22(10-8-21)27(28,29)30/h5-11,13-15,19,26,31-34H,4,12,16-18H2,1-3H3/b15-11-,31-23?,32-25?. The molecule has 0 aliphatic rings. The Morgan fingerprint density at radius 3 is 2.21 bits per heavy atom. The molecule has 2 unspecified atom stereocenters. The Labute approximate surface area is 200 Å². The molecule has 7 heteroatoms. The maximum absolute atomic E-state index is 12.7. The zero-order chi connectivity index (χ0) is 25.1. The van der Waals surface area contributed by atoms with Gasteiger partial charge in [-0.15, -0.1) is 0 Å². The summed E-state index contributed by atoms with van der Waals surface area (Å²) in [6.07, 6.45) is 1.95. The molecule has 184 valence electrons. The van der Waals surface area contributed by atoms with Crippen molar-refractivity contribution >= 4 is 17.1 Å². The lowest BCUT2D eigenvalue weighted by atomic mass is 9.93. The van der Waals surface area contributed by atoms with Gasteiger partial charge in [-0.1, -0.05) is 44.5 Å². The van der Waals surface area contributed by atoms with Crippen LogP contribution in [0.2, 0.25) is 0 Å². The second kappa shape index (κ2) is 13.1. The third-order valence-electron chi connectivity index (χ3n) is 6.00. The number of alkyl halides is 3. The van der Waals surface area contributed by atoms with Crippen molar-refractivity contribution < 1.29 is 13.2 Å². The van der Waals surface area contributed by atoms with Crippen molar-refractivity contribution in [3.05, 3.63) is 77.4 Å². The summed E-state index contributed by atoms with van der Waals surface area (Å²) in [5.41, 5.74) is 2.45. The van der Waals surface area contributed by atoms with Crippen LogP contribution in [0.3, 0.4) is 0 Å². The number of rotatable bonds is 13. The van der Waals surface area contributed by atoms with Gasteiger partial charge in [0.05, 0.1) is 11.3 Å². The summed E-state index contributed by atoms with van der Waals surface area (Å²) in [4.78, 5) is 0. The van der Waals surface area contributed by atoms with E-state index in [4.69, 9.17) is 10.8 Å². The molecule has 2 atom stereocenters. The number of likely N-dealkylation sites (N-methyl/N-ethyl adjacent to an activating group) is 1. The van der Waals surface area contributed by atoms with Gasteiger partial charge >= 0.3 is 6.18 Å². The van der Waals surface area contributed by atoms with E-state index in [1.54, 1.807) is 6.08 Å². The minimum atomic E-state index is -4.40. The van der Waals surface area contributed by atoms with Gasteiger partial charge in [-0.05, 0) is 86.3 Å². The van der Waals surface area contributed by atoms with Gasteiger partial charge in [0.1, 0.15) is 0 Å². The van der Waals surface area contributed by atoms with Crippen LogP contribution in [-0.4, -0.2) is 31.1 Å². The molecule has 2 aromatic carbocycles. The molecule has 2 rings (SSSR count). The molecule has 0 spiro atoms. The Bertz CT molecular complexity index is 947. The Hall–Kier alpha value is -2.93. The average molecular weight is 473 g/mol. The first-order chi connectivity index (χ1) is 16.1. The van der Waals surface area contributed by atoms with E-state index >= 15 is 0 Å². The highest BCUT2D eigenvalue weighted by atomic mass is 19.4. The molecule has 0 amide bonds. The summed E-state index contributed by atoms with van der Waals surface area (Å²) in [5.74, 6) is 0.422. The van der Waals surface area contributed by atoms with Crippen LogP contribution in [0.1, 0.15) is 49.8 Å². The first-order valence-electron chi connectivity index (χ1n) is 11.7. The second-order valence-electron chi connectivity index (χ2n) is 8.57. The number of anilines is 1. The number of hydrogen-bond acceptors (Lipinski definition) is 4. The first kappa shape index (κ1) is 27.3. The molecule has 0 aliphatic carbocycles. The van der Waals surface area contributed by atoms with Crippen molar-refractivity contribution in [2.45, 2.75) is 51.7 Å². The smallest absolute Gasteiger partial charge is 0.382 e. The number of allylic oxidation sites excluding steroid dienone is 2. The number of benzene rings is 2.